The van der Waals surface area contributed by atoms with Crippen LogP contribution in [0.1, 0.15) is 0 Å². The summed E-state index contributed by atoms with van der Waals surface area (Å²) in [6.07, 6.45) is 1.64. The summed E-state index contributed by atoms with van der Waals surface area (Å²) in [5.74, 6) is 0.673. The van der Waals surface area contributed by atoms with E-state index >= 15 is 0 Å². The van der Waals surface area contributed by atoms with Gasteiger partial charge in [-0.15, -0.1) is 10.2 Å². The van der Waals surface area contributed by atoms with Crippen molar-refractivity contribution in [3.8, 4) is 0 Å². The van der Waals surface area contributed by atoms with Crippen molar-refractivity contribution in [1.29, 1.82) is 0 Å². The fraction of sp³-hybridized carbons (Fsp3) is 0.600. The summed E-state index contributed by atoms with van der Waals surface area (Å²) >= 11 is 1.49. The first kappa shape index (κ1) is 7.56. The molecule has 1 N–H and O–H groups in total. The Labute approximate surface area is 63.3 Å². The molecular weight excluding hydrogens is 150 g/mol. The minimum absolute atomic E-state index is 0.178. The molecule has 5 heteroatoms. The van der Waals surface area contributed by atoms with Gasteiger partial charge >= 0.3 is 0 Å². The van der Waals surface area contributed by atoms with E-state index in [1.165, 1.54) is 11.8 Å². The monoisotopic (exact) mass is 159 g/mol. The Morgan fingerprint density at radius 2 is 2.60 bits per heavy atom. The van der Waals surface area contributed by atoms with E-state index in [4.69, 9.17) is 5.11 Å². The maximum atomic E-state index is 8.48. The molecule has 1 aromatic heterocycles. The molecule has 0 bridgehead atoms. The van der Waals surface area contributed by atoms with E-state index < -0.39 is 0 Å². The van der Waals surface area contributed by atoms with Gasteiger partial charge in [-0.05, 0) is 0 Å². The quantitative estimate of drug-likeness (QED) is 0.626. The van der Waals surface area contributed by atoms with Crippen LogP contribution in [0.3, 0.4) is 0 Å². The van der Waals surface area contributed by atoms with Crippen LogP contribution in [0.4, 0.5) is 0 Å². The molecule has 1 aromatic rings. The molecule has 0 radical (unpaired) electrons. The first-order valence-corrected chi connectivity index (χ1v) is 3.91. The molecule has 0 saturated carbocycles. The summed E-state index contributed by atoms with van der Waals surface area (Å²) in [7, 11) is 1.87. The number of thioether (sulfide) groups is 1. The van der Waals surface area contributed by atoms with E-state index in [0.29, 0.717) is 5.75 Å². The smallest absolute Gasteiger partial charge is 0.190 e. The summed E-state index contributed by atoms with van der Waals surface area (Å²) in [6, 6.07) is 0. The van der Waals surface area contributed by atoms with Crippen LogP contribution in [0.5, 0.6) is 0 Å². The number of hydrogen-bond donors (Lipinski definition) is 1. The number of aliphatic hydroxyl groups is 1. The number of rotatable bonds is 3. The maximum absolute atomic E-state index is 8.48. The number of aryl methyl sites for hydroxylation is 1. The van der Waals surface area contributed by atoms with Crippen LogP contribution in [-0.4, -0.2) is 32.2 Å². The zero-order chi connectivity index (χ0) is 7.40. The van der Waals surface area contributed by atoms with Gasteiger partial charge in [-0.25, -0.2) is 0 Å². The number of nitrogens with zero attached hydrogens (tertiary/aromatic N) is 3. The fourth-order valence-corrected chi connectivity index (χ4v) is 1.17. The molecule has 0 saturated heterocycles. The molecule has 0 unspecified atom stereocenters. The van der Waals surface area contributed by atoms with Crippen molar-refractivity contribution in [1.82, 2.24) is 14.8 Å². The minimum Gasteiger partial charge on any atom is -0.396 e. The van der Waals surface area contributed by atoms with Crippen molar-refractivity contribution in [2.24, 2.45) is 7.05 Å². The van der Waals surface area contributed by atoms with Crippen molar-refractivity contribution in [3.63, 3.8) is 0 Å². The Kier molecular flexibility index (Phi) is 2.70. The van der Waals surface area contributed by atoms with Crippen molar-refractivity contribution in [2.75, 3.05) is 12.4 Å². The van der Waals surface area contributed by atoms with E-state index in [1.807, 2.05) is 11.6 Å². The van der Waals surface area contributed by atoms with Crippen LogP contribution in [0.2, 0.25) is 0 Å². The van der Waals surface area contributed by atoms with Gasteiger partial charge in [0.2, 0.25) is 0 Å². The first-order chi connectivity index (χ1) is 4.84. The van der Waals surface area contributed by atoms with Crippen LogP contribution in [0, 0.1) is 0 Å². The molecule has 10 heavy (non-hydrogen) atoms. The van der Waals surface area contributed by atoms with Gasteiger partial charge in [0.25, 0.3) is 0 Å². The number of aromatic nitrogens is 3. The topological polar surface area (TPSA) is 50.9 Å². The molecule has 0 spiro atoms. The highest BCUT2D eigenvalue weighted by Crippen LogP contribution is 2.11. The predicted molar refractivity (Wildman–Crippen MR) is 38.8 cm³/mol. The molecule has 0 fully saturated rings. The molecule has 0 aliphatic carbocycles. The molecule has 0 atom stereocenters. The van der Waals surface area contributed by atoms with E-state index in [-0.39, 0.29) is 6.61 Å². The summed E-state index contributed by atoms with van der Waals surface area (Å²) in [4.78, 5) is 0. The van der Waals surface area contributed by atoms with E-state index in [0.717, 1.165) is 5.16 Å². The van der Waals surface area contributed by atoms with Crippen LogP contribution in [0.15, 0.2) is 11.5 Å². The van der Waals surface area contributed by atoms with Crippen molar-refractivity contribution >= 4 is 11.8 Å². The molecule has 56 valence electrons. The summed E-state index contributed by atoms with van der Waals surface area (Å²) in [5, 5.41) is 16.8. The number of aliphatic hydroxyl groups excluding tert-OH is 1. The Morgan fingerprint density at radius 3 is 3.10 bits per heavy atom. The van der Waals surface area contributed by atoms with Gasteiger partial charge in [0.05, 0.1) is 6.61 Å². The van der Waals surface area contributed by atoms with E-state index in [2.05, 4.69) is 10.2 Å². The number of hydrogen-bond acceptors (Lipinski definition) is 4. The SMILES string of the molecule is Cn1cnnc1SCCO. The summed E-state index contributed by atoms with van der Waals surface area (Å²) in [6.45, 7) is 0.178. The van der Waals surface area contributed by atoms with Gasteiger partial charge < -0.3 is 9.67 Å². The summed E-state index contributed by atoms with van der Waals surface area (Å²) in [5.41, 5.74) is 0. The minimum atomic E-state index is 0.178. The predicted octanol–water partition coefficient (Wildman–Crippen LogP) is -0.101. The Morgan fingerprint density at radius 1 is 1.80 bits per heavy atom. The lowest BCUT2D eigenvalue weighted by molar-refractivity contribution is 0.322. The standard InChI is InChI=1S/C5H9N3OS/c1-8-4-6-7-5(8)10-3-2-9/h4,9H,2-3H2,1H3. The van der Waals surface area contributed by atoms with Gasteiger partial charge in [-0.2, -0.15) is 0 Å². The van der Waals surface area contributed by atoms with Crippen LogP contribution in [-0.2, 0) is 7.05 Å². The van der Waals surface area contributed by atoms with Gasteiger partial charge in [0, 0.05) is 12.8 Å². The Bertz CT molecular complexity index is 201. The van der Waals surface area contributed by atoms with Gasteiger partial charge in [-0.3, -0.25) is 0 Å². The summed E-state index contributed by atoms with van der Waals surface area (Å²) < 4.78 is 1.82. The highest BCUT2D eigenvalue weighted by Gasteiger charge is 1.98. The largest absolute Gasteiger partial charge is 0.396 e. The van der Waals surface area contributed by atoms with Gasteiger partial charge in [0.15, 0.2) is 5.16 Å². The molecule has 0 aliphatic heterocycles. The zero-order valence-electron chi connectivity index (χ0n) is 5.69. The molecule has 1 rings (SSSR count). The normalized spacial score (nSPS) is 10.2. The molecule has 1 heterocycles. The van der Waals surface area contributed by atoms with Crippen LogP contribution < -0.4 is 0 Å². The third-order valence-electron chi connectivity index (χ3n) is 0.992. The van der Waals surface area contributed by atoms with Crippen molar-refractivity contribution in [3.05, 3.63) is 6.33 Å². The second-order valence-electron chi connectivity index (χ2n) is 1.80. The average molecular weight is 159 g/mol. The highest BCUT2D eigenvalue weighted by atomic mass is 32.2. The van der Waals surface area contributed by atoms with Gasteiger partial charge in [-0.1, -0.05) is 11.8 Å². The lowest BCUT2D eigenvalue weighted by Crippen LogP contribution is -1.92. The molecule has 4 nitrogen and oxygen atoms in total. The molecule has 0 aliphatic rings. The molecular formula is C5H9N3OS. The van der Waals surface area contributed by atoms with Gasteiger partial charge in [0.1, 0.15) is 6.33 Å². The lowest BCUT2D eigenvalue weighted by Gasteiger charge is -1.95. The van der Waals surface area contributed by atoms with Crippen LogP contribution >= 0.6 is 11.8 Å². The molecule has 0 aromatic carbocycles. The molecule has 0 amide bonds. The maximum Gasteiger partial charge on any atom is 0.190 e. The third-order valence-corrected chi connectivity index (χ3v) is 2.01. The van der Waals surface area contributed by atoms with E-state index in [9.17, 15) is 0 Å². The second-order valence-corrected chi connectivity index (χ2v) is 2.86. The Balaban J connectivity index is 2.49. The average Bonchev–Trinajstić information content (AvgIpc) is 2.31. The first-order valence-electron chi connectivity index (χ1n) is 2.92. The zero-order valence-corrected chi connectivity index (χ0v) is 6.51. The second kappa shape index (κ2) is 3.58. The Hall–Kier alpha value is -0.550. The third kappa shape index (κ3) is 1.71. The fourth-order valence-electron chi connectivity index (χ4n) is 0.540. The lowest BCUT2D eigenvalue weighted by atomic mass is 10.9. The van der Waals surface area contributed by atoms with Crippen molar-refractivity contribution in [2.45, 2.75) is 5.16 Å². The van der Waals surface area contributed by atoms with Crippen LogP contribution in [0.25, 0.3) is 0 Å². The van der Waals surface area contributed by atoms with Crippen molar-refractivity contribution < 1.29 is 5.11 Å². The highest BCUT2D eigenvalue weighted by molar-refractivity contribution is 7.99. The van der Waals surface area contributed by atoms with E-state index in [1.54, 1.807) is 6.33 Å².